The van der Waals surface area contributed by atoms with Crippen molar-refractivity contribution in [2.24, 2.45) is 0 Å². The van der Waals surface area contributed by atoms with Crippen LogP contribution in [0, 0.1) is 0 Å². The third kappa shape index (κ3) is 4.33. The van der Waals surface area contributed by atoms with E-state index >= 15 is 0 Å². The van der Waals surface area contributed by atoms with Crippen LogP contribution in [-0.2, 0) is 14.8 Å². The molecular formula is C13H20N4O3S. The highest BCUT2D eigenvalue weighted by atomic mass is 32.2. The molecule has 116 valence electrons. The molecule has 2 rings (SSSR count). The molecule has 8 heteroatoms. The fourth-order valence-electron chi connectivity index (χ4n) is 1.81. The molecule has 0 aromatic heterocycles. The standard InChI is InChI=1S/C13H20N4O3S/c1-15-21(19,20)10-4-5-11(14)12(8-10)16-7-6-13(18)17-9-2-3-9/h4-5,8-9,15-16H,2-3,6-7,14H2,1H3,(H,17,18). The van der Waals surface area contributed by atoms with Crippen LogP contribution in [0.2, 0.25) is 0 Å². The van der Waals surface area contributed by atoms with Crippen LogP contribution < -0.4 is 21.1 Å². The average molecular weight is 312 g/mol. The van der Waals surface area contributed by atoms with Crippen molar-refractivity contribution in [3.63, 3.8) is 0 Å². The van der Waals surface area contributed by atoms with Crippen molar-refractivity contribution < 1.29 is 13.2 Å². The normalized spacial score (nSPS) is 14.7. The van der Waals surface area contributed by atoms with Gasteiger partial charge in [0.25, 0.3) is 0 Å². The summed E-state index contributed by atoms with van der Waals surface area (Å²) in [5, 5.41) is 5.88. The van der Waals surface area contributed by atoms with Crippen LogP contribution >= 0.6 is 0 Å². The highest BCUT2D eigenvalue weighted by molar-refractivity contribution is 7.89. The van der Waals surface area contributed by atoms with Crippen molar-refractivity contribution in [3.8, 4) is 0 Å². The van der Waals surface area contributed by atoms with E-state index in [2.05, 4.69) is 15.4 Å². The van der Waals surface area contributed by atoms with Crippen LogP contribution in [0.5, 0.6) is 0 Å². The fraction of sp³-hybridized carbons (Fsp3) is 0.462. The Kier molecular flexibility index (Phi) is 4.69. The maximum absolute atomic E-state index is 11.7. The van der Waals surface area contributed by atoms with E-state index in [1.165, 1.54) is 25.2 Å². The molecule has 1 aromatic carbocycles. The maximum Gasteiger partial charge on any atom is 0.240 e. The van der Waals surface area contributed by atoms with E-state index in [9.17, 15) is 13.2 Å². The van der Waals surface area contributed by atoms with Crippen molar-refractivity contribution in [1.82, 2.24) is 10.0 Å². The molecule has 5 N–H and O–H groups in total. The molecule has 1 saturated carbocycles. The number of anilines is 2. The summed E-state index contributed by atoms with van der Waals surface area (Å²) in [6, 6.07) is 4.76. The topological polar surface area (TPSA) is 113 Å². The van der Waals surface area contributed by atoms with Gasteiger partial charge in [-0.2, -0.15) is 0 Å². The third-order valence-electron chi connectivity index (χ3n) is 3.21. The number of rotatable bonds is 7. The first kappa shape index (κ1) is 15.6. The van der Waals surface area contributed by atoms with Crippen molar-refractivity contribution in [3.05, 3.63) is 18.2 Å². The molecule has 1 aliphatic rings. The molecule has 7 nitrogen and oxygen atoms in total. The smallest absolute Gasteiger partial charge is 0.240 e. The summed E-state index contributed by atoms with van der Waals surface area (Å²) in [7, 11) is -2.16. The molecule has 1 aliphatic carbocycles. The van der Waals surface area contributed by atoms with E-state index in [4.69, 9.17) is 5.73 Å². The molecule has 0 bridgehead atoms. The summed E-state index contributed by atoms with van der Waals surface area (Å²) in [5.74, 6) is -0.0115. The van der Waals surface area contributed by atoms with Gasteiger partial charge in [-0.05, 0) is 38.1 Å². The van der Waals surface area contributed by atoms with E-state index in [0.29, 0.717) is 30.4 Å². The predicted octanol–water partition coefficient (Wildman–Crippen LogP) is 0.257. The van der Waals surface area contributed by atoms with Gasteiger partial charge in [0, 0.05) is 19.0 Å². The molecule has 0 saturated heterocycles. The second kappa shape index (κ2) is 6.31. The highest BCUT2D eigenvalue weighted by Gasteiger charge is 2.22. The summed E-state index contributed by atoms with van der Waals surface area (Å²) < 4.78 is 25.7. The SMILES string of the molecule is CNS(=O)(=O)c1ccc(N)c(NCCC(=O)NC2CC2)c1. The van der Waals surface area contributed by atoms with E-state index in [-0.39, 0.29) is 10.8 Å². The van der Waals surface area contributed by atoms with Crippen LogP contribution in [0.1, 0.15) is 19.3 Å². The Morgan fingerprint density at radius 3 is 2.71 bits per heavy atom. The number of nitrogen functional groups attached to an aromatic ring is 1. The number of sulfonamides is 1. The van der Waals surface area contributed by atoms with Crippen LogP contribution in [0.15, 0.2) is 23.1 Å². The molecule has 0 unspecified atom stereocenters. The first-order chi connectivity index (χ1) is 9.92. The molecule has 0 atom stereocenters. The summed E-state index contributed by atoms with van der Waals surface area (Å²) in [6.07, 6.45) is 2.42. The first-order valence-electron chi connectivity index (χ1n) is 6.78. The van der Waals surface area contributed by atoms with Gasteiger partial charge in [-0.1, -0.05) is 0 Å². The third-order valence-corrected chi connectivity index (χ3v) is 4.63. The Morgan fingerprint density at radius 1 is 1.38 bits per heavy atom. The molecule has 0 spiro atoms. The lowest BCUT2D eigenvalue weighted by Crippen LogP contribution is -2.27. The number of benzene rings is 1. The summed E-state index contributed by atoms with van der Waals surface area (Å²) in [4.78, 5) is 11.7. The molecule has 1 aromatic rings. The second-order valence-electron chi connectivity index (χ2n) is 4.98. The van der Waals surface area contributed by atoms with Crippen LogP contribution in [-0.4, -0.2) is 34.0 Å². The number of nitrogens with one attached hydrogen (secondary N) is 3. The number of carbonyl (C=O) groups is 1. The van der Waals surface area contributed by atoms with Crippen LogP contribution in [0.4, 0.5) is 11.4 Å². The van der Waals surface area contributed by atoms with Gasteiger partial charge in [-0.25, -0.2) is 13.1 Å². The zero-order valence-corrected chi connectivity index (χ0v) is 12.7. The molecule has 21 heavy (non-hydrogen) atoms. The molecule has 0 radical (unpaired) electrons. The van der Waals surface area contributed by atoms with E-state index < -0.39 is 10.0 Å². The summed E-state index contributed by atoms with van der Waals surface area (Å²) >= 11 is 0. The lowest BCUT2D eigenvalue weighted by molar-refractivity contribution is -0.120. The van der Waals surface area contributed by atoms with Crippen LogP contribution in [0.25, 0.3) is 0 Å². The van der Waals surface area contributed by atoms with Gasteiger partial charge in [-0.3, -0.25) is 4.79 Å². The monoisotopic (exact) mass is 312 g/mol. The quantitative estimate of drug-likeness (QED) is 0.539. The first-order valence-corrected chi connectivity index (χ1v) is 8.27. The van der Waals surface area contributed by atoms with Crippen molar-refractivity contribution in [2.45, 2.75) is 30.2 Å². The predicted molar refractivity (Wildman–Crippen MR) is 81.4 cm³/mol. The molecule has 0 heterocycles. The minimum Gasteiger partial charge on any atom is -0.397 e. The van der Waals surface area contributed by atoms with E-state index in [1.54, 1.807) is 0 Å². The molecule has 1 fully saturated rings. The van der Waals surface area contributed by atoms with Gasteiger partial charge < -0.3 is 16.4 Å². The minimum absolute atomic E-state index is 0.0115. The van der Waals surface area contributed by atoms with Gasteiger partial charge in [0.15, 0.2) is 0 Å². The Morgan fingerprint density at radius 2 is 2.10 bits per heavy atom. The summed E-state index contributed by atoms with van der Waals surface area (Å²) in [5.41, 5.74) is 6.75. The number of carbonyl (C=O) groups excluding carboxylic acids is 1. The number of hydrogen-bond acceptors (Lipinski definition) is 5. The Hall–Kier alpha value is -1.80. The minimum atomic E-state index is -3.51. The van der Waals surface area contributed by atoms with Crippen molar-refractivity contribution in [1.29, 1.82) is 0 Å². The Labute approximate surface area is 124 Å². The second-order valence-corrected chi connectivity index (χ2v) is 6.86. The summed E-state index contributed by atoms with van der Waals surface area (Å²) in [6.45, 7) is 0.395. The number of hydrogen-bond donors (Lipinski definition) is 4. The number of amides is 1. The largest absolute Gasteiger partial charge is 0.397 e. The fourth-order valence-corrected chi connectivity index (χ4v) is 2.57. The lowest BCUT2D eigenvalue weighted by atomic mass is 10.2. The lowest BCUT2D eigenvalue weighted by Gasteiger charge is -2.11. The van der Waals surface area contributed by atoms with Crippen molar-refractivity contribution >= 4 is 27.3 Å². The Balaban J connectivity index is 1.95. The molecular weight excluding hydrogens is 292 g/mol. The average Bonchev–Trinajstić information content (AvgIpc) is 3.24. The zero-order chi connectivity index (χ0) is 15.5. The van der Waals surface area contributed by atoms with Crippen LogP contribution in [0.3, 0.4) is 0 Å². The van der Waals surface area contributed by atoms with Gasteiger partial charge in [0.05, 0.1) is 16.3 Å². The van der Waals surface area contributed by atoms with Crippen molar-refractivity contribution in [2.75, 3.05) is 24.6 Å². The molecule has 1 amide bonds. The number of nitrogens with two attached hydrogens (primary N) is 1. The highest BCUT2D eigenvalue weighted by Crippen LogP contribution is 2.23. The van der Waals surface area contributed by atoms with Gasteiger partial charge in [0.1, 0.15) is 0 Å². The zero-order valence-electron chi connectivity index (χ0n) is 11.8. The van der Waals surface area contributed by atoms with E-state index in [1.807, 2.05) is 0 Å². The molecule has 0 aliphatic heterocycles. The maximum atomic E-state index is 11.7. The van der Waals surface area contributed by atoms with E-state index in [0.717, 1.165) is 12.8 Å². The van der Waals surface area contributed by atoms with Gasteiger partial charge >= 0.3 is 0 Å². The Bertz CT molecular complexity index is 626. The van der Waals surface area contributed by atoms with Gasteiger partial charge in [-0.15, -0.1) is 0 Å². The van der Waals surface area contributed by atoms with Gasteiger partial charge in [0.2, 0.25) is 15.9 Å².